The first-order valence-corrected chi connectivity index (χ1v) is 8.73. The Kier molecular flexibility index (Phi) is 6.34. The first-order chi connectivity index (χ1) is 9.66. The molecule has 0 spiro atoms. The molecule has 2 aliphatic carbocycles. The number of rotatable bonds is 4. The predicted octanol–water partition coefficient (Wildman–Crippen LogP) is 3.38. The molecule has 3 atom stereocenters. The smallest absolute Gasteiger partial charge is 0.237 e. The number of carbonyl (C=O) groups excluding carboxylic acids is 1. The number of nitrogens with one attached hydrogen (secondary N) is 2. The van der Waals surface area contributed by atoms with E-state index in [4.69, 9.17) is 0 Å². The lowest BCUT2D eigenvalue weighted by atomic mass is 9.94. The fourth-order valence-corrected chi connectivity index (χ4v) is 3.71. The molecule has 0 aromatic carbocycles. The molecule has 0 aliphatic heterocycles. The second kappa shape index (κ2) is 8.02. The highest BCUT2D eigenvalue weighted by atomic mass is 16.2. The normalized spacial score (nSPS) is 30.5. The van der Waals surface area contributed by atoms with Gasteiger partial charge >= 0.3 is 0 Å². The van der Waals surface area contributed by atoms with Crippen molar-refractivity contribution in [1.29, 1.82) is 0 Å². The van der Waals surface area contributed by atoms with Gasteiger partial charge in [-0.1, -0.05) is 45.4 Å². The van der Waals surface area contributed by atoms with Crippen molar-refractivity contribution in [3.05, 3.63) is 0 Å². The summed E-state index contributed by atoms with van der Waals surface area (Å²) in [7, 11) is 0. The largest absolute Gasteiger partial charge is 0.352 e. The fourth-order valence-electron chi connectivity index (χ4n) is 3.71. The lowest BCUT2D eigenvalue weighted by Crippen LogP contribution is -2.51. The number of hydrogen-bond donors (Lipinski definition) is 2. The maximum atomic E-state index is 12.3. The molecular formula is C17H32N2O. The van der Waals surface area contributed by atoms with Crippen molar-refractivity contribution in [1.82, 2.24) is 10.6 Å². The highest BCUT2D eigenvalue weighted by Gasteiger charge is 2.25. The zero-order valence-corrected chi connectivity index (χ0v) is 13.3. The van der Waals surface area contributed by atoms with Gasteiger partial charge in [0, 0.05) is 12.1 Å². The molecule has 0 heterocycles. The van der Waals surface area contributed by atoms with E-state index in [1.807, 2.05) is 6.92 Å². The highest BCUT2D eigenvalue weighted by Crippen LogP contribution is 2.23. The van der Waals surface area contributed by atoms with E-state index in [9.17, 15) is 4.79 Å². The van der Waals surface area contributed by atoms with Crippen LogP contribution in [0.3, 0.4) is 0 Å². The maximum absolute atomic E-state index is 12.3. The molecule has 2 aliphatic rings. The van der Waals surface area contributed by atoms with E-state index in [1.165, 1.54) is 51.4 Å². The minimum absolute atomic E-state index is 0.0533. The number of amides is 1. The van der Waals surface area contributed by atoms with Crippen LogP contribution in [0.5, 0.6) is 0 Å². The van der Waals surface area contributed by atoms with E-state index in [0.717, 1.165) is 12.8 Å². The van der Waals surface area contributed by atoms with Gasteiger partial charge in [-0.2, -0.15) is 0 Å². The molecule has 116 valence electrons. The molecule has 1 amide bonds. The van der Waals surface area contributed by atoms with E-state index < -0.39 is 0 Å². The van der Waals surface area contributed by atoms with Crippen molar-refractivity contribution in [3.63, 3.8) is 0 Å². The van der Waals surface area contributed by atoms with Gasteiger partial charge in [-0.05, 0) is 38.5 Å². The summed E-state index contributed by atoms with van der Waals surface area (Å²) in [6.07, 6.45) is 12.7. The summed E-state index contributed by atoms with van der Waals surface area (Å²) >= 11 is 0. The Morgan fingerprint density at radius 3 is 2.25 bits per heavy atom. The first-order valence-electron chi connectivity index (χ1n) is 8.73. The average Bonchev–Trinajstić information content (AvgIpc) is 2.65. The first kappa shape index (κ1) is 15.8. The topological polar surface area (TPSA) is 41.1 Å². The van der Waals surface area contributed by atoms with Crippen LogP contribution in [0.15, 0.2) is 0 Å². The van der Waals surface area contributed by atoms with E-state index in [-0.39, 0.29) is 11.9 Å². The molecule has 3 nitrogen and oxygen atoms in total. The summed E-state index contributed by atoms with van der Waals surface area (Å²) in [6.45, 7) is 4.35. The highest BCUT2D eigenvalue weighted by molar-refractivity contribution is 5.81. The van der Waals surface area contributed by atoms with Crippen LogP contribution in [0, 0.1) is 5.92 Å². The molecule has 0 bridgehead atoms. The Balaban J connectivity index is 1.77. The Morgan fingerprint density at radius 1 is 0.950 bits per heavy atom. The van der Waals surface area contributed by atoms with Crippen LogP contribution in [0.2, 0.25) is 0 Å². The number of carbonyl (C=O) groups is 1. The molecule has 0 saturated heterocycles. The molecular weight excluding hydrogens is 248 g/mol. The van der Waals surface area contributed by atoms with Crippen LogP contribution >= 0.6 is 0 Å². The van der Waals surface area contributed by atoms with Crippen molar-refractivity contribution < 1.29 is 4.79 Å². The SMILES string of the molecule is CC(NC1CCCCCC1C)C(=O)NC1CCCCC1. The average molecular weight is 280 g/mol. The third-order valence-electron chi connectivity index (χ3n) is 5.17. The standard InChI is InChI=1S/C17H32N2O/c1-13-9-5-3-8-12-16(13)18-14(2)17(20)19-15-10-6-4-7-11-15/h13-16,18H,3-12H2,1-2H3,(H,19,20). The predicted molar refractivity (Wildman–Crippen MR) is 83.7 cm³/mol. The minimum Gasteiger partial charge on any atom is -0.352 e. The van der Waals surface area contributed by atoms with Crippen LogP contribution in [-0.4, -0.2) is 24.0 Å². The van der Waals surface area contributed by atoms with Crippen LogP contribution in [0.4, 0.5) is 0 Å². The summed E-state index contributed by atoms with van der Waals surface area (Å²) in [5, 5.41) is 6.82. The zero-order chi connectivity index (χ0) is 14.4. The van der Waals surface area contributed by atoms with Crippen LogP contribution in [0.25, 0.3) is 0 Å². The van der Waals surface area contributed by atoms with Crippen LogP contribution in [-0.2, 0) is 4.79 Å². The molecule has 0 aromatic rings. The molecule has 2 fully saturated rings. The van der Waals surface area contributed by atoms with Gasteiger partial charge < -0.3 is 10.6 Å². The monoisotopic (exact) mass is 280 g/mol. The third-order valence-corrected chi connectivity index (χ3v) is 5.17. The van der Waals surface area contributed by atoms with Crippen molar-refractivity contribution in [2.45, 2.75) is 96.2 Å². The van der Waals surface area contributed by atoms with Crippen molar-refractivity contribution >= 4 is 5.91 Å². The molecule has 2 N–H and O–H groups in total. The van der Waals surface area contributed by atoms with Gasteiger partial charge in [-0.3, -0.25) is 4.79 Å². The lowest BCUT2D eigenvalue weighted by Gasteiger charge is -2.29. The Bertz CT molecular complexity index is 299. The lowest BCUT2D eigenvalue weighted by molar-refractivity contribution is -0.124. The second-order valence-electron chi connectivity index (χ2n) is 6.95. The third kappa shape index (κ3) is 4.76. The Morgan fingerprint density at radius 2 is 1.55 bits per heavy atom. The quantitative estimate of drug-likeness (QED) is 0.775. The van der Waals surface area contributed by atoms with E-state index >= 15 is 0 Å². The summed E-state index contributed by atoms with van der Waals surface area (Å²) in [5.41, 5.74) is 0. The van der Waals surface area contributed by atoms with Gasteiger partial charge in [0.2, 0.25) is 5.91 Å². The number of hydrogen-bond acceptors (Lipinski definition) is 2. The molecule has 2 saturated carbocycles. The van der Waals surface area contributed by atoms with Crippen LogP contribution < -0.4 is 10.6 Å². The van der Waals surface area contributed by atoms with Crippen LogP contribution in [0.1, 0.15) is 78.1 Å². The van der Waals surface area contributed by atoms with Crippen molar-refractivity contribution in [2.24, 2.45) is 5.92 Å². The van der Waals surface area contributed by atoms with E-state index in [1.54, 1.807) is 0 Å². The van der Waals surface area contributed by atoms with Gasteiger partial charge in [0.1, 0.15) is 0 Å². The molecule has 0 aromatic heterocycles. The van der Waals surface area contributed by atoms with Gasteiger partial charge in [-0.15, -0.1) is 0 Å². The zero-order valence-electron chi connectivity index (χ0n) is 13.3. The summed E-state index contributed by atoms with van der Waals surface area (Å²) in [4.78, 5) is 12.3. The Labute approximate surface area is 124 Å². The Hall–Kier alpha value is -0.570. The molecule has 2 rings (SSSR count). The minimum atomic E-state index is -0.0533. The van der Waals surface area contributed by atoms with Gasteiger partial charge in [-0.25, -0.2) is 0 Å². The maximum Gasteiger partial charge on any atom is 0.237 e. The summed E-state index contributed by atoms with van der Waals surface area (Å²) < 4.78 is 0. The van der Waals surface area contributed by atoms with Gasteiger partial charge in [0.15, 0.2) is 0 Å². The second-order valence-corrected chi connectivity index (χ2v) is 6.95. The van der Waals surface area contributed by atoms with E-state index in [2.05, 4.69) is 17.6 Å². The summed E-state index contributed by atoms with van der Waals surface area (Å²) in [5.74, 6) is 0.899. The van der Waals surface area contributed by atoms with Gasteiger partial charge in [0.05, 0.1) is 6.04 Å². The molecule has 3 heteroatoms. The fraction of sp³-hybridized carbons (Fsp3) is 0.941. The van der Waals surface area contributed by atoms with Crippen molar-refractivity contribution in [3.8, 4) is 0 Å². The molecule has 20 heavy (non-hydrogen) atoms. The molecule has 0 radical (unpaired) electrons. The molecule has 3 unspecified atom stereocenters. The van der Waals surface area contributed by atoms with Crippen molar-refractivity contribution in [2.75, 3.05) is 0 Å². The van der Waals surface area contributed by atoms with E-state index in [0.29, 0.717) is 18.0 Å². The van der Waals surface area contributed by atoms with Gasteiger partial charge in [0.25, 0.3) is 0 Å². The summed E-state index contributed by atoms with van der Waals surface area (Å²) in [6, 6.07) is 0.888.